The fraction of sp³-hybridized carbons (Fsp3) is 0.267. The highest BCUT2D eigenvalue weighted by atomic mass is 19.1. The van der Waals surface area contributed by atoms with Crippen molar-refractivity contribution >= 4 is 23.8 Å². The third kappa shape index (κ3) is 11.9. The molecule has 212 valence electrons. The Labute approximate surface area is 232 Å². The number of carbonyl (C=O) groups excluding carboxylic acids is 3. The summed E-state index contributed by atoms with van der Waals surface area (Å²) in [4.78, 5) is 46.5. The van der Waals surface area contributed by atoms with E-state index in [0.717, 1.165) is 16.7 Å². The molecule has 40 heavy (non-hydrogen) atoms. The molecule has 3 aromatic carbocycles. The van der Waals surface area contributed by atoms with Crippen LogP contribution in [0.2, 0.25) is 0 Å². The largest absolute Gasteiger partial charge is 0.480 e. The first-order valence-corrected chi connectivity index (χ1v) is 12.6. The van der Waals surface area contributed by atoms with Gasteiger partial charge in [0.05, 0.1) is 6.04 Å². The van der Waals surface area contributed by atoms with Crippen LogP contribution in [0.4, 0.5) is 9.18 Å². The van der Waals surface area contributed by atoms with E-state index in [1.54, 1.807) is 0 Å². The summed E-state index contributed by atoms with van der Waals surface area (Å²) in [6, 6.07) is 24.8. The molecule has 0 radical (unpaired) electrons. The lowest BCUT2D eigenvalue weighted by Gasteiger charge is -2.20. The van der Waals surface area contributed by atoms with Gasteiger partial charge < -0.3 is 26.2 Å². The van der Waals surface area contributed by atoms with E-state index >= 15 is 0 Å². The molecule has 3 aromatic rings. The minimum atomic E-state index is -1.17. The Morgan fingerprint density at radius 1 is 0.800 bits per heavy atom. The number of Topliss-reactive ketones (excluding diaryl/α,β-unsaturated/α-hetero) is 1. The molecule has 3 rings (SSSR count). The number of carbonyl (C=O) groups is 4. The number of ketones is 1. The highest BCUT2D eigenvalue weighted by molar-refractivity contribution is 5.92. The maximum Gasteiger partial charge on any atom is 0.408 e. The van der Waals surface area contributed by atoms with E-state index in [9.17, 15) is 23.6 Å². The molecule has 0 spiro atoms. The lowest BCUT2D eigenvalue weighted by atomic mass is 10.0. The SMILES string of the molecule is C[C@H](NC(=O)C(Cc1ccccc1)NC(=O)OCc1ccccc1)C(=O)CF.NC(Cc1ccccc1)C(=O)O. The van der Waals surface area contributed by atoms with Gasteiger partial charge in [-0.1, -0.05) is 91.0 Å². The van der Waals surface area contributed by atoms with Crippen LogP contribution < -0.4 is 16.4 Å². The molecule has 5 N–H and O–H groups in total. The number of nitrogens with one attached hydrogen (secondary N) is 2. The number of nitrogens with two attached hydrogens (primary N) is 1. The standard InChI is InChI=1S/C21H23FN2O4.C9H11NO2/c1-15(19(25)13-22)23-20(26)18(12-16-8-4-2-5-9-16)24-21(27)28-14-17-10-6-3-7-11-17;10-8(9(11)12)6-7-4-2-1-3-5-7/h2-11,15,18H,12-14H2,1H3,(H,23,26)(H,24,27);1-5,8H,6,10H2,(H,11,12)/t15-,18?;/m0./s1. The Morgan fingerprint density at radius 2 is 1.27 bits per heavy atom. The summed E-state index contributed by atoms with van der Waals surface area (Å²) in [7, 11) is 0. The second kappa shape index (κ2) is 17.1. The summed E-state index contributed by atoms with van der Waals surface area (Å²) < 4.78 is 17.7. The fourth-order valence-electron chi connectivity index (χ4n) is 3.43. The number of alkyl carbamates (subject to hydrolysis) is 1. The number of halogens is 1. The van der Waals surface area contributed by atoms with Crippen molar-refractivity contribution in [3.63, 3.8) is 0 Å². The monoisotopic (exact) mass is 551 g/mol. The van der Waals surface area contributed by atoms with Gasteiger partial charge in [-0.2, -0.15) is 0 Å². The number of hydrogen-bond donors (Lipinski definition) is 4. The number of carboxylic acids is 1. The molecule has 0 saturated carbocycles. The summed E-state index contributed by atoms with van der Waals surface area (Å²) in [6.07, 6.45) is -0.177. The van der Waals surface area contributed by atoms with E-state index in [1.807, 2.05) is 91.0 Å². The Balaban J connectivity index is 0.000000389. The molecule has 2 amide bonds. The number of amides is 2. The lowest BCUT2D eigenvalue weighted by molar-refractivity contribution is -0.138. The minimum absolute atomic E-state index is 0.0586. The molecule has 0 aromatic heterocycles. The van der Waals surface area contributed by atoms with Crippen LogP contribution in [0.1, 0.15) is 23.6 Å². The Morgan fingerprint density at radius 3 is 1.75 bits per heavy atom. The topological polar surface area (TPSA) is 148 Å². The van der Waals surface area contributed by atoms with Gasteiger partial charge in [0.1, 0.15) is 25.4 Å². The van der Waals surface area contributed by atoms with Crippen LogP contribution in [0.3, 0.4) is 0 Å². The summed E-state index contributed by atoms with van der Waals surface area (Å²) in [5.41, 5.74) is 7.92. The van der Waals surface area contributed by atoms with Crippen molar-refractivity contribution in [3.05, 3.63) is 108 Å². The zero-order valence-corrected chi connectivity index (χ0v) is 22.2. The number of aliphatic carboxylic acids is 1. The Hall–Kier alpha value is -4.57. The predicted octanol–water partition coefficient (Wildman–Crippen LogP) is 3.21. The molecule has 0 heterocycles. The first-order valence-electron chi connectivity index (χ1n) is 12.6. The van der Waals surface area contributed by atoms with Crippen LogP contribution in [0.25, 0.3) is 0 Å². The van der Waals surface area contributed by atoms with Gasteiger partial charge in [-0.05, 0) is 30.0 Å². The van der Waals surface area contributed by atoms with Crippen LogP contribution in [0.15, 0.2) is 91.0 Å². The minimum Gasteiger partial charge on any atom is -0.480 e. The third-order valence-electron chi connectivity index (χ3n) is 5.69. The first kappa shape index (κ1) is 31.6. The molecule has 0 bridgehead atoms. The third-order valence-corrected chi connectivity index (χ3v) is 5.69. The van der Waals surface area contributed by atoms with Gasteiger partial charge in [-0.15, -0.1) is 0 Å². The first-order chi connectivity index (χ1) is 19.2. The molecular formula is C30H34FN3O6. The van der Waals surface area contributed by atoms with Crippen molar-refractivity contribution in [1.82, 2.24) is 10.6 Å². The molecular weight excluding hydrogens is 517 g/mol. The van der Waals surface area contributed by atoms with Crippen LogP contribution in [-0.2, 0) is 38.6 Å². The Bertz CT molecular complexity index is 1210. The summed E-state index contributed by atoms with van der Waals surface area (Å²) >= 11 is 0. The van der Waals surface area contributed by atoms with E-state index in [2.05, 4.69) is 10.6 Å². The van der Waals surface area contributed by atoms with Crippen molar-refractivity contribution < 1.29 is 33.4 Å². The van der Waals surface area contributed by atoms with Crippen molar-refractivity contribution in [2.45, 2.75) is 44.5 Å². The summed E-state index contributed by atoms with van der Waals surface area (Å²) in [6.45, 7) is 0.285. The fourth-order valence-corrected chi connectivity index (χ4v) is 3.43. The molecule has 10 heteroatoms. The summed E-state index contributed by atoms with van der Waals surface area (Å²) in [5.74, 6) is -2.29. The smallest absolute Gasteiger partial charge is 0.408 e. The molecule has 0 saturated heterocycles. The zero-order valence-electron chi connectivity index (χ0n) is 22.2. The average molecular weight is 552 g/mol. The van der Waals surface area contributed by atoms with E-state index in [0.29, 0.717) is 6.42 Å². The molecule has 0 fully saturated rings. The maximum atomic E-state index is 12.5. The molecule has 2 unspecified atom stereocenters. The van der Waals surface area contributed by atoms with Gasteiger partial charge >= 0.3 is 12.1 Å². The van der Waals surface area contributed by atoms with Crippen molar-refractivity contribution in [2.75, 3.05) is 6.67 Å². The molecule has 9 nitrogen and oxygen atoms in total. The Kier molecular flexibility index (Phi) is 13.5. The van der Waals surface area contributed by atoms with Crippen molar-refractivity contribution in [3.8, 4) is 0 Å². The van der Waals surface area contributed by atoms with Gasteiger partial charge in [0.2, 0.25) is 5.91 Å². The van der Waals surface area contributed by atoms with Gasteiger partial charge in [0, 0.05) is 6.42 Å². The molecule has 3 atom stereocenters. The maximum absolute atomic E-state index is 12.5. The van der Waals surface area contributed by atoms with Gasteiger partial charge in [-0.3, -0.25) is 14.4 Å². The zero-order chi connectivity index (χ0) is 29.3. The number of alkyl halides is 1. The highest BCUT2D eigenvalue weighted by Gasteiger charge is 2.25. The second-order valence-corrected chi connectivity index (χ2v) is 8.91. The van der Waals surface area contributed by atoms with Crippen LogP contribution in [0.5, 0.6) is 0 Å². The lowest BCUT2D eigenvalue weighted by Crippen LogP contribution is -2.52. The number of hydrogen-bond acceptors (Lipinski definition) is 6. The number of rotatable bonds is 12. The number of benzene rings is 3. The summed E-state index contributed by atoms with van der Waals surface area (Å²) in [5, 5.41) is 13.5. The van der Waals surface area contributed by atoms with E-state index in [4.69, 9.17) is 15.6 Å². The predicted molar refractivity (Wildman–Crippen MR) is 148 cm³/mol. The van der Waals surface area contributed by atoms with E-state index in [1.165, 1.54) is 6.92 Å². The average Bonchev–Trinajstić information content (AvgIpc) is 2.97. The normalized spacial score (nSPS) is 12.5. The van der Waals surface area contributed by atoms with Crippen LogP contribution in [0, 0.1) is 0 Å². The second-order valence-electron chi connectivity index (χ2n) is 8.91. The van der Waals surface area contributed by atoms with Gasteiger partial charge in [-0.25, -0.2) is 9.18 Å². The van der Waals surface area contributed by atoms with Crippen molar-refractivity contribution in [2.24, 2.45) is 5.73 Å². The number of ether oxygens (including phenoxy) is 1. The van der Waals surface area contributed by atoms with Gasteiger partial charge in [0.15, 0.2) is 5.78 Å². The molecule has 0 aliphatic heterocycles. The molecule has 0 aliphatic carbocycles. The van der Waals surface area contributed by atoms with Crippen LogP contribution >= 0.6 is 0 Å². The van der Waals surface area contributed by atoms with Gasteiger partial charge in [0.25, 0.3) is 0 Å². The number of carboxylic acid groups (broad SMARTS) is 1. The van der Waals surface area contributed by atoms with E-state index < -0.39 is 48.6 Å². The highest BCUT2D eigenvalue weighted by Crippen LogP contribution is 2.06. The van der Waals surface area contributed by atoms with Crippen LogP contribution in [-0.4, -0.2) is 53.7 Å². The quantitative estimate of drug-likeness (QED) is 0.270. The van der Waals surface area contributed by atoms with E-state index in [-0.39, 0.29) is 13.0 Å². The van der Waals surface area contributed by atoms with Crippen molar-refractivity contribution in [1.29, 1.82) is 0 Å². The molecule has 0 aliphatic rings.